The first-order chi connectivity index (χ1) is 10.1. The van der Waals surface area contributed by atoms with Crippen LogP contribution in [0.1, 0.15) is 18.4 Å². The van der Waals surface area contributed by atoms with Crippen LogP contribution in [0, 0.1) is 15.5 Å². The molecule has 0 bridgehead atoms. The fourth-order valence-corrected chi connectivity index (χ4v) is 3.54. The van der Waals surface area contributed by atoms with Crippen molar-refractivity contribution in [1.29, 1.82) is 0 Å². The van der Waals surface area contributed by atoms with Gasteiger partial charge in [-0.1, -0.05) is 6.07 Å². The topological polar surface area (TPSA) is 67.6 Å². The molecular formula is C15H22ClN3O3. The van der Waals surface area contributed by atoms with Crippen LogP contribution in [0.4, 0.5) is 5.69 Å². The molecule has 0 aliphatic carbocycles. The lowest BCUT2D eigenvalue weighted by atomic mass is 9.86. The summed E-state index contributed by atoms with van der Waals surface area (Å²) < 4.78 is 5.04. The van der Waals surface area contributed by atoms with Crippen LogP contribution < -0.4 is 10.1 Å². The van der Waals surface area contributed by atoms with Crippen molar-refractivity contribution in [1.82, 2.24) is 10.2 Å². The van der Waals surface area contributed by atoms with E-state index in [1.807, 2.05) is 6.07 Å². The number of nitrogens with zero attached hydrogens (tertiary/aromatic N) is 2. The summed E-state index contributed by atoms with van der Waals surface area (Å²) >= 11 is 0. The van der Waals surface area contributed by atoms with Gasteiger partial charge in [0.2, 0.25) is 0 Å². The van der Waals surface area contributed by atoms with Crippen LogP contribution in [0.25, 0.3) is 0 Å². The standard InChI is InChI=1S/C15H21N3O3.ClH/c1-21-14-3-2-12(8-13(14)18(19)20)9-17-7-5-15(11-17)4-6-16-10-15;/h2-3,8,16H,4-7,9-11H2,1H3;1H. The lowest BCUT2D eigenvalue weighted by Gasteiger charge is -2.22. The van der Waals surface area contributed by atoms with Gasteiger partial charge < -0.3 is 10.1 Å². The summed E-state index contributed by atoms with van der Waals surface area (Å²) in [6.07, 6.45) is 2.46. The highest BCUT2D eigenvalue weighted by Gasteiger charge is 2.40. The number of methoxy groups -OCH3 is 1. The van der Waals surface area contributed by atoms with E-state index in [2.05, 4.69) is 10.2 Å². The van der Waals surface area contributed by atoms with E-state index >= 15 is 0 Å². The summed E-state index contributed by atoms with van der Waals surface area (Å²) in [6, 6.07) is 5.25. The van der Waals surface area contributed by atoms with Gasteiger partial charge >= 0.3 is 5.69 Å². The molecule has 2 fully saturated rings. The lowest BCUT2D eigenvalue weighted by Crippen LogP contribution is -2.28. The number of likely N-dealkylation sites (tertiary alicyclic amines) is 1. The number of hydrogen-bond donors (Lipinski definition) is 1. The van der Waals surface area contributed by atoms with Crippen molar-refractivity contribution in [3.05, 3.63) is 33.9 Å². The highest BCUT2D eigenvalue weighted by molar-refractivity contribution is 5.85. The molecule has 2 heterocycles. The second-order valence-corrected chi connectivity index (χ2v) is 6.15. The van der Waals surface area contributed by atoms with Gasteiger partial charge in [0, 0.05) is 25.7 Å². The monoisotopic (exact) mass is 327 g/mol. The Bertz CT molecular complexity index is 547. The van der Waals surface area contributed by atoms with Crippen molar-refractivity contribution < 1.29 is 9.66 Å². The Morgan fingerprint density at radius 1 is 1.45 bits per heavy atom. The van der Waals surface area contributed by atoms with Gasteiger partial charge in [-0.3, -0.25) is 15.0 Å². The molecule has 3 rings (SSSR count). The Morgan fingerprint density at radius 3 is 2.91 bits per heavy atom. The van der Waals surface area contributed by atoms with Gasteiger partial charge in [-0.05, 0) is 43.0 Å². The molecule has 2 aliphatic heterocycles. The second kappa shape index (κ2) is 6.81. The maximum atomic E-state index is 11.1. The van der Waals surface area contributed by atoms with Gasteiger partial charge in [0.1, 0.15) is 0 Å². The molecule has 1 atom stereocenters. The Morgan fingerprint density at radius 2 is 2.27 bits per heavy atom. The molecule has 1 N–H and O–H groups in total. The summed E-state index contributed by atoms with van der Waals surface area (Å²) in [5.74, 6) is 0.321. The minimum atomic E-state index is -0.380. The molecule has 0 aromatic heterocycles. The third kappa shape index (κ3) is 3.34. The minimum Gasteiger partial charge on any atom is -0.490 e. The number of ether oxygens (including phenoxy) is 1. The van der Waals surface area contributed by atoms with Gasteiger partial charge in [-0.25, -0.2) is 0 Å². The van der Waals surface area contributed by atoms with Gasteiger partial charge in [0.25, 0.3) is 0 Å². The SMILES string of the molecule is COc1ccc(CN2CCC3(CCNC3)C2)cc1[N+](=O)[O-].Cl. The molecule has 0 amide bonds. The molecule has 1 aromatic carbocycles. The van der Waals surface area contributed by atoms with Crippen molar-refractivity contribution >= 4 is 18.1 Å². The Hall–Kier alpha value is -1.37. The highest BCUT2D eigenvalue weighted by atomic mass is 35.5. The van der Waals surface area contributed by atoms with Crippen molar-refractivity contribution in [2.75, 3.05) is 33.3 Å². The molecule has 2 aliphatic rings. The fraction of sp³-hybridized carbons (Fsp3) is 0.600. The van der Waals surface area contributed by atoms with E-state index in [1.165, 1.54) is 20.0 Å². The van der Waals surface area contributed by atoms with Crippen LogP contribution in [-0.4, -0.2) is 43.1 Å². The molecule has 22 heavy (non-hydrogen) atoms. The Labute approximate surface area is 136 Å². The van der Waals surface area contributed by atoms with Crippen LogP contribution in [0.2, 0.25) is 0 Å². The van der Waals surface area contributed by atoms with Crippen molar-refractivity contribution in [3.8, 4) is 5.75 Å². The van der Waals surface area contributed by atoms with Crippen molar-refractivity contribution in [2.45, 2.75) is 19.4 Å². The predicted octanol–water partition coefficient (Wildman–Crippen LogP) is 2.21. The van der Waals surface area contributed by atoms with Crippen LogP contribution in [0.3, 0.4) is 0 Å². The van der Waals surface area contributed by atoms with Gasteiger partial charge in [-0.2, -0.15) is 0 Å². The van der Waals surface area contributed by atoms with Crippen LogP contribution in [0.15, 0.2) is 18.2 Å². The average Bonchev–Trinajstić information content (AvgIpc) is 3.09. The number of hydrogen-bond acceptors (Lipinski definition) is 5. The maximum Gasteiger partial charge on any atom is 0.311 e. The summed E-state index contributed by atoms with van der Waals surface area (Å²) in [7, 11) is 1.46. The Kier molecular flexibility index (Phi) is 5.26. The average molecular weight is 328 g/mol. The molecule has 1 aromatic rings. The van der Waals surface area contributed by atoms with Crippen LogP contribution in [-0.2, 0) is 6.54 Å². The molecule has 0 saturated carbocycles. The largest absolute Gasteiger partial charge is 0.490 e. The molecule has 2 saturated heterocycles. The molecule has 1 unspecified atom stereocenters. The number of nitro groups is 1. The number of halogens is 1. The number of benzene rings is 1. The highest BCUT2D eigenvalue weighted by Crippen LogP contribution is 2.37. The van der Waals surface area contributed by atoms with Gasteiger partial charge in [-0.15, -0.1) is 12.4 Å². The fourth-order valence-electron chi connectivity index (χ4n) is 3.54. The first-order valence-electron chi connectivity index (χ1n) is 7.36. The van der Waals surface area contributed by atoms with E-state index in [0.717, 1.165) is 38.3 Å². The summed E-state index contributed by atoms with van der Waals surface area (Å²) in [6.45, 7) is 5.14. The zero-order chi connectivity index (χ0) is 14.9. The summed E-state index contributed by atoms with van der Waals surface area (Å²) in [5, 5.41) is 14.5. The van der Waals surface area contributed by atoms with Crippen LogP contribution in [0.5, 0.6) is 5.75 Å². The van der Waals surface area contributed by atoms with Crippen molar-refractivity contribution in [3.63, 3.8) is 0 Å². The van der Waals surface area contributed by atoms with E-state index < -0.39 is 0 Å². The Balaban J connectivity index is 0.00000176. The molecular weight excluding hydrogens is 306 g/mol. The number of rotatable bonds is 4. The third-order valence-corrected chi connectivity index (χ3v) is 4.70. The molecule has 6 nitrogen and oxygen atoms in total. The predicted molar refractivity (Wildman–Crippen MR) is 86.7 cm³/mol. The first kappa shape index (κ1) is 17.0. The van der Waals surface area contributed by atoms with Crippen molar-refractivity contribution in [2.24, 2.45) is 5.41 Å². The number of nitrogens with one attached hydrogen (secondary N) is 1. The van der Waals surface area contributed by atoms with E-state index in [4.69, 9.17) is 4.74 Å². The van der Waals surface area contributed by atoms with Crippen LogP contribution >= 0.6 is 12.4 Å². The van der Waals surface area contributed by atoms with E-state index in [1.54, 1.807) is 12.1 Å². The van der Waals surface area contributed by atoms with E-state index in [9.17, 15) is 10.1 Å². The third-order valence-electron chi connectivity index (χ3n) is 4.70. The summed E-state index contributed by atoms with van der Waals surface area (Å²) in [5.41, 5.74) is 1.45. The maximum absolute atomic E-state index is 11.1. The quantitative estimate of drug-likeness (QED) is 0.678. The normalized spacial score (nSPS) is 24.4. The zero-order valence-corrected chi connectivity index (χ0v) is 13.5. The molecule has 1 spiro atoms. The van der Waals surface area contributed by atoms with Gasteiger partial charge in [0.05, 0.1) is 12.0 Å². The van der Waals surface area contributed by atoms with E-state index in [-0.39, 0.29) is 23.0 Å². The zero-order valence-electron chi connectivity index (χ0n) is 12.7. The first-order valence-corrected chi connectivity index (χ1v) is 7.36. The number of nitro benzene ring substituents is 1. The second-order valence-electron chi connectivity index (χ2n) is 6.15. The van der Waals surface area contributed by atoms with E-state index in [0.29, 0.717) is 11.2 Å². The summed E-state index contributed by atoms with van der Waals surface area (Å²) in [4.78, 5) is 13.1. The van der Waals surface area contributed by atoms with Gasteiger partial charge in [0.15, 0.2) is 5.75 Å². The smallest absolute Gasteiger partial charge is 0.311 e. The molecule has 122 valence electrons. The minimum absolute atomic E-state index is 0. The molecule has 0 radical (unpaired) electrons. The lowest BCUT2D eigenvalue weighted by molar-refractivity contribution is -0.385. The molecule has 7 heteroatoms.